The van der Waals surface area contributed by atoms with Crippen LogP contribution in [-0.2, 0) is 0 Å². The Balaban J connectivity index is 1.51. The number of nitrogens with one attached hydrogen (secondary N) is 1. The molecule has 1 atom stereocenters. The van der Waals surface area contributed by atoms with E-state index in [2.05, 4.69) is 20.2 Å². The highest BCUT2D eigenvalue weighted by atomic mass is 16.1. The number of Topliss-reactive ketones (excluding diaryl/α,β-unsaturated/α-hetero) is 1. The lowest BCUT2D eigenvalue weighted by Crippen LogP contribution is -2.30. The van der Waals surface area contributed by atoms with E-state index in [1.54, 1.807) is 17.7 Å². The summed E-state index contributed by atoms with van der Waals surface area (Å²) in [7, 11) is 0. The Kier molecular flexibility index (Phi) is 5.57. The van der Waals surface area contributed by atoms with Gasteiger partial charge in [0, 0.05) is 36.8 Å². The van der Waals surface area contributed by atoms with Crippen LogP contribution in [0.2, 0.25) is 0 Å². The van der Waals surface area contributed by atoms with Crippen molar-refractivity contribution in [1.29, 1.82) is 0 Å². The van der Waals surface area contributed by atoms with Gasteiger partial charge < -0.3 is 16.0 Å². The molecule has 1 aliphatic heterocycles. The second-order valence-corrected chi connectivity index (χ2v) is 9.12. The Hall–Kier alpha value is -3.33. The number of ketones is 1. The first-order valence-corrected chi connectivity index (χ1v) is 11.6. The molecule has 2 fully saturated rings. The number of fused-ring (bicyclic) bond motifs is 1. The van der Waals surface area contributed by atoms with Gasteiger partial charge >= 0.3 is 0 Å². The summed E-state index contributed by atoms with van der Waals surface area (Å²) in [5, 5.41) is 3.89. The second-order valence-electron chi connectivity index (χ2n) is 9.12. The lowest BCUT2D eigenvalue weighted by molar-refractivity contribution is 0.101. The van der Waals surface area contributed by atoms with Crippen LogP contribution in [0, 0.1) is 6.92 Å². The summed E-state index contributed by atoms with van der Waals surface area (Å²) in [5.74, 6) is 0.761. The lowest BCUT2D eigenvalue weighted by atomic mass is 10.0. The fraction of sp³-hybridized carbons (Fsp3) is 0.458. The van der Waals surface area contributed by atoms with Gasteiger partial charge in [-0.25, -0.2) is 9.97 Å². The third kappa shape index (κ3) is 3.97. The highest BCUT2D eigenvalue weighted by Crippen LogP contribution is 2.32. The molecule has 172 valence electrons. The molecule has 3 aromatic heterocycles. The van der Waals surface area contributed by atoms with Gasteiger partial charge in [0.25, 0.3) is 5.56 Å². The second kappa shape index (κ2) is 8.55. The van der Waals surface area contributed by atoms with E-state index in [9.17, 15) is 9.59 Å². The van der Waals surface area contributed by atoms with Crippen LogP contribution in [0.5, 0.6) is 0 Å². The number of hydrogen-bond donors (Lipinski definition) is 2. The van der Waals surface area contributed by atoms with Gasteiger partial charge in [0.1, 0.15) is 11.5 Å². The zero-order valence-corrected chi connectivity index (χ0v) is 19.0. The van der Waals surface area contributed by atoms with E-state index in [4.69, 9.17) is 10.7 Å². The molecule has 1 saturated heterocycles. The van der Waals surface area contributed by atoms with E-state index < -0.39 is 0 Å². The van der Waals surface area contributed by atoms with Crippen LogP contribution >= 0.6 is 0 Å². The van der Waals surface area contributed by atoms with Gasteiger partial charge in [-0.3, -0.25) is 14.2 Å². The molecule has 0 bridgehead atoms. The third-order valence-electron chi connectivity index (χ3n) is 6.83. The minimum absolute atomic E-state index is 0.0469. The smallest absolute Gasteiger partial charge is 0.263 e. The number of aromatic nitrogens is 4. The Bertz CT molecular complexity index is 1260. The standard InChI is InChI=1S/C24H29N7O2/c1-14-19-12-27-24(28-20-8-7-18(11-26-20)30-10-9-16(25)13-30)29-22(19)31(17-5-3-4-6-17)23(33)21(14)15(2)32/h7-8,11-12,16-17H,3-6,9-10,13,25H2,1-2H3,(H,26,27,28,29). The first-order valence-electron chi connectivity index (χ1n) is 11.6. The molecular weight excluding hydrogens is 418 g/mol. The van der Waals surface area contributed by atoms with E-state index in [0.717, 1.165) is 56.3 Å². The predicted octanol–water partition coefficient (Wildman–Crippen LogP) is 3.09. The number of carbonyl (C=O) groups excluding carboxylic acids is 1. The fourth-order valence-corrected chi connectivity index (χ4v) is 5.09. The van der Waals surface area contributed by atoms with Crippen molar-refractivity contribution < 1.29 is 4.79 Å². The molecule has 1 unspecified atom stereocenters. The molecule has 33 heavy (non-hydrogen) atoms. The van der Waals surface area contributed by atoms with Crippen LogP contribution in [0.1, 0.15) is 61.0 Å². The molecule has 0 aromatic carbocycles. The number of pyridine rings is 2. The third-order valence-corrected chi connectivity index (χ3v) is 6.83. The monoisotopic (exact) mass is 447 g/mol. The van der Waals surface area contributed by atoms with E-state index in [0.29, 0.717) is 23.0 Å². The zero-order valence-electron chi connectivity index (χ0n) is 19.0. The van der Waals surface area contributed by atoms with E-state index >= 15 is 0 Å². The topological polar surface area (TPSA) is 119 Å². The SMILES string of the molecule is CC(=O)c1c(C)c2cnc(Nc3ccc(N4CCC(N)C4)cn3)nc2n(C2CCCC2)c1=O. The van der Waals surface area contributed by atoms with Crippen LogP contribution < -0.4 is 21.5 Å². The zero-order chi connectivity index (χ0) is 23.1. The fourth-order valence-electron chi connectivity index (χ4n) is 5.09. The number of carbonyl (C=O) groups is 1. The molecule has 3 N–H and O–H groups in total. The van der Waals surface area contributed by atoms with Gasteiger partial charge in [0.15, 0.2) is 5.78 Å². The van der Waals surface area contributed by atoms with Crippen LogP contribution in [0.15, 0.2) is 29.3 Å². The normalized spacial score (nSPS) is 18.9. The van der Waals surface area contributed by atoms with Crippen molar-refractivity contribution in [1.82, 2.24) is 19.5 Å². The van der Waals surface area contributed by atoms with Crippen LogP contribution in [0.25, 0.3) is 11.0 Å². The molecule has 9 heteroatoms. The van der Waals surface area contributed by atoms with Crippen molar-refractivity contribution in [2.75, 3.05) is 23.3 Å². The van der Waals surface area contributed by atoms with Gasteiger partial charge in [-0.05, 0) is 50.8 Å². The number of aryl methyl sites for hydroxylation is 1. The first kappa shape index (κ1) is 21.5. The van der Waals surface area contributed by atoms with Gasteiger partial charge in [-0.2, -0.15) is 4.98 Å². The van der Waals surface area contributed by atoms with Crippen LogP contribution in [-0.4, -0.2) is 44.4 Å². The summed E-state index contributed by atoms with van der Waals surface area (Å²) < 4.78 is 1.71. The quantitative estimate of drug-likeness (QED) is 0.573. The van der Waals surface area contributed by atoms with Crippen LogP contribution in [0.4, 0.5) is 17.5 Å². The highest BCUT2D eigenvalue weighted by Gasteiger charge is 2.26. The van der Waals surface area contributed by atoms with E-state index in [1.807, 2.05) is 18.3 Å². The predicted molar refractivity (Wildman–Crippen MR) is 128 cm³/mol. The summed E-state index contributed by atoms with van der Waals surface area (Å²) in [4.78, 5) is 41.5. The van der Waals surface area contributed by atoms with Gasteiger partial charge in [0.05, 0.1) is 17.4 Å². The Morgan fingerprint density at radius 3 is 2.58 bits per heavy atom. The maximum Gasteiger partial charge on any atom is 0.263 e. The van der Waals surface area contributed by atoms with Gasteiger partial charge in [-0.1, -0.05) is 12.8 Å². The van der Waals surface area contributed by atoms with Crippen molar-refractivity contribution in [3.63, 3.8) is 0 Å². The van der Waals surface area contributed by atoms with Gasteiger partial charge in [0.2, 0.25) is 5.95 Å². The molecule has 1 aliphatic carbocycles. The number of nitrogens with zero attached hydrogens (tertiary/aromatic N) is 5. The molecule has 0 amide bonds. The van der Waals surface area contributed by atoms with Crippen molar-refractivity contribution in [3.8, 4) is 0 Å². The summed E-state index contributed by atoms with van der Waals surface area (Å²) in [6.45, 7) is 5.00. The molecule has 3 aromatic rings. The minimum atomic E-state index is -0.254. The van der Waals surface area contributed by atoms with Crippen molar-refractivity contribution in [3.05, 3.63) is 46.0 Å². The largest absolute Gasteiger partial charge is 0.369 e. The average molecular weight is 448 g/mol. The summed E-state index contributed by atoms with van der Waals surface area (Å²) in [5.41, 5.74) is 8.23. The lowest BCUT2D eigenvalue weighted by Gasteiger charge is -2.19. The van der Waals surface area contributed by atoms with Crippen molar-refractivity contribution in [2.45, 2.75) is 58.0 Å². The number of hydrogen-bond acceptors (Lipinski definition) is 8. The minimum Gasteiger partial charge on any atom is -0.369 e. The maximum atomic E-state index is 13.3. The molecule has 0 spiro atoms. The number of rotatable bonds is 5. The summed E-state index contributed by atoms with van der Waals surface area (Å²) in [6, 6.07) is 4.15. The van der Waals surface area contributed by atoms with E-state index in [-0.39, 0.29) is 29.0 Å². The maximum absolute atomic E-state index is 13.3. The average Bonchev–Trinajstić information content (AvgIpc) is 3.46. The van der Waals surface area contributed by atoms with Crippen LogP contribution in [0.3, 0.4) is 0 Å². The summed E-state index contributed by atoms with van der Waals surface area (Å²) in [6.07, 6.45) is 8.44. The Morgan fingerprint density at radius 1 is 1.15 bits per heavy atom. The number of nitrogens with two attached hydrogens (primary N) is 1. The molecule has 5 rings (SSSR count). The molecule has 0 radical (unpaired) electrons. The van der Waals surface area contributed by atoms with Gasteiger partial charge in [-0.15, -0.1) is 0 Å². The van der Waals surface area contributed by atoms with Crippen molar-refractivity contribution in [2.24, 2.45) is 5.73 Å². The molecule has 4 heterocycles. The first-order chi connectivity index (χ1) is 15.9. The molecule has 9 nitrogen and oxygen atoms in total. The van der Waals surface area contributed by atoms with E-state index in [1.165, 1.54) is 6.92 Å². The summed E-state index contributed by atoms with van der Waals surface area (Å²) >= 11 is 0. The molecule has 1 saturated carbocycles. The highest BCUT2D eigenvalue weighted by molar-refractivity contribution is 5.99. The Labute approximate surface area is 192 Å². The molecule has 2 aliphatic rings. The number of anilines is 3. The van der Waals surface area contributed by atoms with Crippen molar-refractivity contribution >= 4 is 34.3 Å². The Morgan fingerprint density at radius 2 is 1.94 bits per heavy atom. The molecular formula is C24H29N7O2.